The van der Waals surface area contributed by atoms with E-state index in [0.29, 0.717) is 17.4 Å². The lowest BCUT2D eigenvalue weighted by Crippen LogP contribution is -2.69. The highest BCUT2D eigenvalue weighted by Crippen LogP contribution is 2.57. The Labute approximate surface area is 198 Å². The Morgan fingerprint density at radius 2 is 1.97 bits per heavy atom. The lowest BCUT2D eigenvalue weighted by atomic mass is 9.49. The van der Waals surface area contributed by atoms with Crippen LogP contribution in [0.4, 0.5) is 0 Å². The standard InChI is InChI=1S/C26H32N6S/c1-14(2)20-21(18-8-15(3)23-27-13-28-32(23)12-18)29-25-22(20)30-24(33-25)17-4-6-19(7-5-17)31-26-9-16(10-26)11-26/h8,12-14,16-17,19,29,31H,4-7,9-11H2,1-3H3. The molecule has 4 aliphatic rings. The Morgan fingerprint density at radius 1 is 1.18 bits per heavy atom. The molecule has 7 heteroatoms. The molecule has 8 rings (SSSR count). The fourth-order valence-electron chi connectivity index (χ4n) is 6.67. The zero-order valence-corrected chi connectivity index (χ0v) is 20.5. The summed E-state index contributed by atoms with van der Waals surface area (Å²) < 4.78 is 1.88. The molecule has 4 saturated carbocycles. The Kier molecular flexibility index (Phi) is 4.35. The quantitative estimate of drug-likeness (QED) is 0.387. The zero-order chi connectivity index (χ0) is 22.3. The number of nitrogens with one attached hydrogen (secondary N) is 2. The predicted molar refractivity (Wildman–Crippen MR) is 133 cm³/mol. The second-order valence-electron chi connectivity index (χ2n) is 11.2. The van der Waals surface area contributed by atoms with Crippen LogP contribution in [0.5, 0.6) is 0 Å². The first kappa shape index (κ1) is 20.2. The van der Waals surface area contributed by atoms with Crippen LogP contribution in [0, 0.1) is 12.8 Å². The van der Waals surface area contributed by atoms with Crippen molar-refractivity contribution in [2.45, 2.75) is 89.1 Å². The first-order chi connectivity index (χ1) is 16.0. The molecule has 4 heterocycles. The molecule has 0 aromatic carbocycles. The molecule has 0 aliphatic heterocycles. The third kappa shape index (κ3) is 3.12. The van der Waals surface area contributed by atoms with E-state index in [0.717, 1.165) is 28.7 Å². The molecule has 4 aromatic rings. The van der Waals surface area contributed by atoms with Crippen molar-refractivity contribution < 1.29 is 0 Å². The third-order valence-corrected chi connectivity index (χ3v) is 9.59. The van der Waals surface area contributed by atoms with Gasteiger partial charge in [-0.15, -0.1) is 11.3 Å². The summed E-state index contributed by atoms with van der Waals surface area (Å²) in [5.41, 5.74) is 7.43. The van der Waals surface area contributed by atoms with Crippen LogP contribution in [0.25, 0.3) is 27.3 Å². The number of hydrogen-bond acceptors (Lipinski definition) is 5. The van der Waals surface area contributed by atoms with E-state index in [9.17, 15) is 0 Å². The number of aryl methyl sites for hydroxylation is 1. The van der Waals surface area contributed by atoms with Gasteiger partial charge in [0.25, 0.3) is 0 Å². The summed E-state index contributed by atoms with van der Waals surface area (Å²) in [5, 5.41) is 9.72. The van der Waals surface area contributed by atoms with Gasteiger partial charge in [0.1, 0.15) is 16.7 Å². The van der Waals surface area contributed by atoms with Gasteiger partial charge in [-0.2, -0.15) is 5.10 Å². The van der Waals surface area contributed by atoms with Crippen molar-refractivity contribution >= 4 is 27.3 Å². The molecule has 0 unspecified atom stereocenters. The molecule has 4 fully saturated rings. The summed E-state index contributed by atoms with van der Waals surface area (Å²) in [7, 11) is 0. The second-order valence-corrected chi connectivity index (χ2v) is 12.2. The predicted octanol–water partition coefficient (Wildman–Crippen LogP) is 5.93. The van der Waals surface area contributed by atoms with Gasteiger partial charge in [0.2, 0.25) is 0 Å². The maximum atomic E-state index is 5.25. The average Bonchev–Trinajstić information content (AvgIpc) is 3.44. The van der Waals surface area contributed by atoms with Crippen molar-refractivity contribution in [2.75, 3.05) is 0 Å². The lowest BCUT2D eigenvalue weighted by molar-refractivity contribution is -0.0618. The first-order valence-corrected chi connectivity index (χ1v) is 13.4. The number of aromatic nitrogens is 5. The van der Waals surface area contributed by atoms with E-state index < -0.39 is 0 Å². The molecule has 0 atom stereocenters. The minimum Gasteiger partial charge on any atom is -0.345 e. The molecule has 2 N–H and O–H groups in total. The summed E-state index contributed by atoms with van der Waals surface area (Å²) in [6, 6.07) is 2.94. The van der Waals surface area contributed by atoms with Crippen LogP contribution in [-0.2, 0) is 0 Å². The van der Waals surface area contributed by atoms with E-state index in [1.54, 1.807) is 6.33 Å². The van der Waals surface area contributed by atoms with Gasteiger partial charge < -0.3 is 10.3 Å². The monoisotopic (exact) mass is 460 g/mol. The molecule has 0 spiro atoms. The molecule has 172 valence electrons. The molecule has 4 aromatic heterocycles. The number of nitrogens with zero attached hydrogens (tertiary/aromatic N) is 4. The number of thiazole rings is 1. The van der Waals surface area contributed by atoms with Crippen LogP contribution in [-0.4, -0.2) is 36.1 Å². The van der Waals surface area contributed by atoms with Crippen molar-refractivity contribution in [3.63, 3.8) is 0 Å². The number of pyridine rings is 1. The Morgan fingerprint density at radius 3 is 2.67 bits per heavy atom. The number of hydrogen-bond donors (Lipinski definition) is 2. The van der Waals surface area contributed by atoms with E-state index in [4.69, 9.17) is 4.98 Å². The molecule has 33 heavy (non-hydrogen) atoms. The fraction of sp³-hybridized carbons (Fsp3) is 0.577. The normalized spacial score (nSPS) is 29.0. The maximum Gasteiger partial charge on any atom is 0.158 e. The van der Waals surface area contributed by atoms with Crippen molar-refractivity contribution in [3.8, 4) is 11.3 Å². The minimum absolute atomic E-state index is 0.392. The minimum atomic E-state index is 0.392. The number of aromatic amines is 1. The van der Waals surface area contributed by atoms with E-state index in [2.05, 4.69) is 53.4 Å². The molecular weight excluding hydrogens is 428 g/mol. The first-order valence-electron chi connectivity index (χ1n) is 12.6. The summed E-state index contributed by atoms with van der Waals surface area (Å²) in [6.45, 7) is 6.64. The van der Waals surface area contributed by atoms with Crippen molar-refractivity contribution in [1.29, 1.82) is 0 Å². The number of H-pyrrole nitrogens is 1. The molecule has 4 aliphatic carbocycles. The van der Waals surface area contributed by atoms with Gasteiger partial charge in [-0.3, -0.25) is 0 Å². The highest BCUT2D eigenvalue weighted by atomic mass is 32.1. The Hall–Kier alpha value is -2.25. The average molecular weight is 461 g/mol. The van der Waals surface area contributed by atoms with Gasteiger partial charge in [0.15, 0.2) is 5.65 Å². The van der Waals surface area contributed by atoms with E-state index in [-0.39, 0.29) is 0 Å². The van der Waals surface area contributed by atoms with Crippen LogP contribution in [0.15, 0.2) is 18.6 Å². The number of fused-ring (bicyclic) bond motifs is 2. The third-order valence-electron chi connectivity index (χ3n) is 8.46. The van der Waals surface area contributed by atoms with E-state index in [1.165, 1.54) is 71.6 Å². The van der Waals surface area contributed by atoms with E-state index >= 15 is 0 Å². The van der Waals surface area contributed by atoms with Crippen LogP contribution < -0.4 is 5.32 Å². The van der Waals surface area contributed by atoms with Crippen LogP contribution in [0.1, 0.15) is 86.8 Å². The Balaban J connectivity index is 1.16. The van der Waals surface area contributed by atoms with Gasteiger partial charge in [-0.05, 0) is 75.3 Å². The van der Waals surface area contributed by atoms with Crippen LogP contribution in [0.3, 0.4) is 0 Å². The highest BCUT2D eigenvalue weighted by molar-refractivity contribution is 7.18. The smallest absolute Gasteiger partial charge is 0.158 e. The molecular formula is C26H32N6S. The largest absolute Gasteiger partial charge is 0.345 e. The van der Waals surface area contributed by atoms with Crippen LogP contribution >= 0.6 is 11.3 Å². The van der Waals surface area contributed by atoms with Gasteiger partial charge in [0.05, 0.1) is 10.7 Å². The molecule has 0 radical (unpaired) electrons. The maximum absolute atomic E-state index is 5.25. The molecule has 6 nitrogen and oxygen atoms in total. The Bertz CT molecular complexity index is 1340. The molecule has 0 amide bonds. The molecule has 0 saturated heterocycles. The van der Waals surface area contributed by atoms with Gasteiger partial charge in [-0.25, -0.2) is 14.5 Å². The van der Waals surface area contributed by atoms with Crippen LogP contribution in [0.2, 0.25) is 0 Å². The SMILES string of the molecule is Cc1cc(-c2[nH]c3sc(C4CCC(NC56CC(C5)C6)CC4)nc3c2C(C)C)cn2ncnc12. The van der Waals surface area contributed by atoms with Crippen molar-refractivity contribution in [1.82, 2.24) is 29.9 Å². The summed E-state index contributed by atoms with van der Waals surface area (Å²) >= 11 is 1.88. The number of rotatable bonds is 5. The summed E-state index contributed by atoms with van der Waals surface area (Å²) in [6.07, 6.45) is 13.1. The lowest BCUT2D eigenvalue weighted by Gasteiger charge is -2.63. The van der Waals surface area contributed by atoms with E-state index in [1.807, 2.05) is 15.9 Å². The fourth-order valence-corrected chi connectivity index (χ4v) is 7.82. The van der Waals surface area contributed by atoms with Gasteiger partial charge >= 0.3 is 0 Å². The zero-order valence-electron chi connectivity index (χ0n) is 19.7. The van der Waals surface area contributed by atoms with Gasteiger partial charge in [0, 0.05) is 34.8 Å². The second kappa shape index (κ2) is 7.12. The van der Waals surface area contributed by atoms with Crippen molar-refractivity contribution in [3.05, 3.63) is 34.7 Å². The van der Waals surface area contributed by atoms with Crippen molar-refractivity contribution in [2.24, 2.45) is 5.92 Å². The molecule has 2 bridgehead atoms. The topological polar surface area (TPSA) is 70.9 Å². The van der Waals surface area contributed by atoms with Gasteiger partial charge in [-0.1, -0.05) is 13.8 Å². The summed E-state index contributed by atoms with van der Waals surface area (Å²) in [5.74, 6) is 2.05. The highest BCUT2D eigenvalue weighted by Gasteiger charge is 2.56. The summed E-state index contributed by atoms with van der Waals surface area (Å²) in [4.78, 5) is 14.6.